The highest BCUT2D eigenvalue weighted by atomic mass is 16.4. The molecule has 3 heterocycles. The first-order chi connectivity index (χ1) is 11.5. The van der Waals surface area contributed by atoms with Crippen molar-refractivity contribution in [2.75, 3.05) is 19.6 Å². The standard InChI is InChI=1S/C16H21N5O3/c1-10-14(15(22)23)13(20-16(24)19-10)8-21-6-3-11(4-7-21)12-2-5-17-9-18-12/h2,5,9-11H,3-4,6-8H2,1H3,(H,22,23)(H2,19,20,24). The van der Waals surface area contributed by atoms with Crippen molar-refractivity contribution in [1.29, 1.82) is 0 Å². The van der Waals surface area contributed by atoms with Crippen molar-refractivity contribution in [3.05, 3.63) is 35.6 Å². The number of rotatable bonds is 4. The van der Waals surface area contributed by atoms with Gasteiger partial charge < -0.3 is 15.7 Å². The Bertz CT molecular complexity index is 653. The second-order valence-electron chi connectivity index (χ2n) is 6.20. The second-order valence-corrected chi connectivity index (χ2v) is 6.20. The molecular weight excluding hydrogens is 310 g/mol. The molecule has 128 valence electrons. The average molecular weight is 331 g/mol. The lowest BCUT2D eigenvalue weighted by atomic mass is 9.93. The third-order valence-corrected chi connectivity index (χ3v) is 4.59. The van der Waals surface area contributed by atoms with E-state index in [9.17, 15) is 14.7 Å². The second kappa shape index (κ2) is 6.96. The lowest BCUT2D eigenvalue weighted by Crippen LogP contribution is -2.51. The summed E-state index contributed by atoms with van der Waals surface area (Å²) >= 11 is 0. The number of aromatic nitrogens is 2. The number of likely N-dealkylation sites (tertiary alicyclic amines) is 1. The number of nitrogens with one attached hydrogen (secondary N) is 2. The van der Waals surface area contributed by atoms with E-state index in [1.54, 1.807) is 19.4 Å². The summed E-state index contributed by atoms with van der Waals surface area (Å²) in [6.45, 7) is 3.80. The fourth-order valence-corrected chi connectivity index (χ4v) is 3.36. The van der Waals surface area contributed by atoms with Crippen LogP contribution in [0.4, 0.5) is 4.79 Å². The molecule has 0 radical (unpaired) electrons. The molecule has 3 rings (SSSR count). The maximum Gasteiger partial charge on any atom is 0.335 e. The van der Waals surface area contributed by atoms with E-state index in [2.05, 4.69) is 25.5 Å². The van der Waals surface area contributed by atoms with E-state index < -0.39 is 12.0 Å². The number of carbonyl (C=O) groups is 2. The zero-order chi connectivity index (χ0) is 17.1. The molecule has 0 aliphatic carbocycles. The monoisotopic (exact) mass is 331 g/mol. The maximum atomic E-state index is 11.6. The van der Waals surface area contributed by atoms with Crippen LogP contribution in [0, 0.1) is 0 Å². The largest absolute Gasteiger partial charge is 0.478 e. The molecule has 3 N–H and O–H groups in total. The van der Waals surface area contributed by atoms with E-state index in [1.165, 1.54) is 0 Å². The van der Waals surface area contributed by atoms with Crippen LogP contribution < -0.4 is 10.6 Å². The molecule has 8 heteroatoms. The van der Waals surface area contributed by atoms with Gasteiger partial charge in [-0.15, -0.1) is 0 Å². The summed E-state index contributed by atoms with van der Waals surface area (Å²) in [6, 6.07) is 1.10. The molecule has 1 fully saturated rings. The predicted molar refractivity (Wildman–Crippen MR) is 86.2 cm³/mol. The summed E-state index contributed by atoms with van der Waals surface area (Å²) in [5.74, 6) is -0.598. The van der Waals surface area contributed by atoms with Crippen LogP contribution >= 0.6 is 0 Å². The number of carboxylic acids is 1. The zero-order valence-corrected chi connectivity index (χ0v) is 13.5. The highest BCUT2D eigenvalue weighted by Crippen LogP contribution is 2.26. The number of nitrogens with zero attached hydrogens (tertiary/aromatic N) is 3. The summed E-state index contributed by atoms with van der Waals surface area (Å²) in [7, 11) is 0. The molecule has 2 amide bonds. The lowest BCUT2D eigenvalue weighted by Gasteiger charge is -2.34. The molecule has 1 aromatic heterocycles. The van der Waals surface area contributed by atoms with E-state index in [-0.39, 0.29) is 11.6 Å². The molecule has 0 bridgehead atoms. The Hall–Kier alpha value is -2.48. The van der Waals surface area contributed by atoms with Crippen molar-refractivity contribution in [3.8, 4) is 0 Å². The van der Waals surface area contributed by atoms with E-state index in [0.29, 0.717) is 18.2 Å². The molecule has 0 saturated carbocycles. The maximum absolute atomic E-state index is 11.6. The van der Waals surface area contributed by atoms with E-state index in [0.717, 1.165) is 31.6 Å². The summed E-state index contributed by atoms with van der Waals surface area (Å²) in [6.07, 6.45) is 5.23. The van der Waals surface area contributed by atoms with Gasteiger partial charge in [0.25, 0.3) is 0 Å². The number of carbonyl (C=O) groups excluding carboxylic acids is 1. The van der Waals surface area contributed by atoms with Crippen LogP contribution in [-0.4, -0.2) is 57.7 Å². The zero-order valence-electron chi connectivity index (χ0n) is 13.5. The number of urea groups is 1. The number of aliphatic carboxylic acids is 1. The van der Waals surface area contributed by atoms with Crippen LogP contribution in [0.1, 0.15) is 31.4 Å². The highest BCUT2D eigenvalue weighted by molar-refractivity contribution is 5.93. The highest BCUT2D eigenvalue weighted by Gasteiger charge is 2.30. The minimum absolute atomic E-state index is 0.229. The molecule has 0 aromatic carbocycles. The topological polar surface area (TPSA) is 107 Å². The van der Waals surface area contributed by atoms with E-state index in [1.807, 2.05) is 6.07 Å². The van der Waals surface area contributed by atoms with Crippen LogP contribution in [0.5, 0.6) is 0 Å². The van der Waals surface area contributed by atoms with Crippen molar-refractivity contribution < 1.29 is 14.7 Å². The van der Waals surface area contributed by atoms with Gasteiger partial charge in [0.1, 0.15) is 6.33 Å². The van der Waals surface area contributed by atoms with Gasteiger partial charge in [0.15, 0.2) is 0 Å². The first kappa shape index (κ1) is 16.4. The SMILES string of the molecule is CC1NC(=O)NC(CN2CCC(c3ccncn3)CC2)=C1C(=O)O. The Balaban J connectivity index is 1.65. The molecule has 8 nitrogen and oxygen atoms in total. The van der Waals surface area contributed by atoms with Gasteiger partial charge in [-0.2, -0.15) is 0 Å². The fourth-order valence-electron chi connectivity index (χ4n) is 3.36. The molecule has 1 unspecified atom stereocenters. The van der Waals surface area contributed by atoms with E-state index >= 15 is 0 Å². The van der Waals surface area contributed by atoms with Crippen molar-refractivity contribution in [2.45, 2.75) is 31.7 Å². The minimum Gasteiger partial charge on any atom is -0.478 e. The normalized spacial score (nSPS) is 22.9. The first-order valence-corrected chi connectivity index (χ1v) is 8.06. The summed E-state index contributed by atoms with van der Waals surface area (Å²) in [5, 5.41) is 14.6. The van der Waals surface area contributed by atoms with Crippen LogP contribution in [0.2, 0.25) is 0 Å². The Kier molecular flexibility index (Phi) is 4.75. The van der Waals surface area contributed by atoms with Crippen LogP contribution in [0.15, 0.2) is 29.9 Å². The molecule has 2 aliphatic rings. The number of hydrogen-bond donors (Lipinski definition) is 3. The van der Waals surface area contributed by atoms with Crippen molar-refractivity contribution in [2.24, 2.45) is 0 Å². The smallest absolute Gasteiger partial charge is 0.335 e. The van der Waals surface area contributed by atoms with Gasteiger partial charge in [-0.25, -0.2) is 19.6 Å². The van der Waals surface area contributed by atoms with Gasteiger partial charge in [-0.05, 0) is 38.9 Å². The average Bonchev–Trinajstić information content (AvgIpc) is 2.55. The van der Waals surface area contributed by atoms with Crippen molar-refractivity contribution in [3.63, 3.8) is 0 Å². The van der Waals surface area contributed by atoms with Crippen molar-refractivity contribution in [1.82, 2.24) is 25.5 Å². The van der Waals surface area contributed by atoms with E-state index in [4.69, 9.17) is 0 Å². The number of piperidine rings is 1. The van der Waals surface area contributed by atoms with Crippen LogP contribution in [-0.2, 0) is 4.79 Å². The predicted octanol–water partition coefficient (Wildman–Crippen LogP) is 0.696. The molecule has 0 spiro atoms. The minimum atomic E-state index is -0.999. The quantitative estimate of drug-likeness (QED) is 0.749. The third-order valence-electron chi connectivity index (χ3n) is 4.59. The molecule has 24 heavy (non-hydrogen) atoms. The Morgan fingerprint density at radius 1 is 1.42 bits per heavy atom. The third kappa shape index (κ3) is 3.53. The number of amides is 2. The molecule has 1 aromatic rings. The van der Waals surface area contributed by atoms with Gasteiger partial charge in [0.2, 0.25) is 0 Å². The Morgan fingerprint density at radius 2 is 2.17 bits per heavy atom. The Labute approximate surface area is 140 Å². The number of carboxylic acid groups (broad SMARTS) is 1. The summed E-state index contributed by atoms with van der Waals surface area (Å²) < 4.78 is 0. The van der Waals surface area contributed by atoms with Gasteiger partial charge in [-0.1, -0.05) is 0 Å². The first-order valence-electron chi connectivity index (χ1n) is 8.06. The molecule has 1 saturated heterocycles. The van der Waals surface area contributed by atoms with Gasteiger partial charge in [0.05, 0.1) is 11.6 Å². The lowest BCUT2D eigenvalue weighted by molar-refractivity contribution is -0.133. The molecule has 2 aliphatic heterocycles. The van der Waals surface area contributed by atoms with Crippen LogP contribution in [0.25, 0.3) is 0 Å². The van der Waals surface area contributed by atoms with Gasteiger partial charge in [-0.3, -0.25) is 4.90 Å². The summed E-state index contributed by atoms with van der Waals surface area (Å²) in [4.78, 5) is 33.6. The fraction of sp³-hybridized carbons (Fsp3) is 0.500. The van der Waals surface area contributed by atoms with Gasteiger partial charge in [0, 0.05) is 30.1 Å². The molecule has 1 atom stereocenters. The van der Waals surface area contributed by atoms with Crippen LogP contribution in [0.3, 0.4) is 0 Å². The summed E-state index contributed by atoms with van der Waals surface area (Å²) in [5.41, 5.74) is 1.77. The number of hydrogen-bond acceptors (Lipinski definition) is 5. The van der Waals surface area contributed by atoms with Crippen molar-refractivity contribution >= 4 is 12.0 Å². The molecular formula is C16H21N5O3. The van der Waals surface area contributed by atoms with Gasteiger partial charge >= 0.3 is 12.0 Å². The Morgan fingerprint density at radius 3 is 2.79 bits per heavy atom.